The average Bonchev–Trinajstić information content (AvgIpc) is 3.95. The van der Waals surface area contributed by atoms with Crippen molar-refractivity contribution in [3.63, 3.8) is 0 Å². The second-order valence-electron chi connectivity index (χ2n) is 15.1. The van der Waals surface area contributed by atoms with Crippen LogP contribution >= 0.6 is 0 Å². The summed E-state index contributed by atoms with van der Waals surface area (Å²) in [6.07, 6.45) is 0. The van der Waals surface area contributed by atoms with Gasteiger partial charge in [0.2, 0.25) is 0 Å². The van der Waals surface area contributed by atoms with Crippen LogP contribution in [0.2, 0.25) is 0 Å². The lowest BCUT2D eigenvalue weighted by atomic mass is 9.84. The molecule has 57 heavy (non-hydrogen) atoms. The molecule has 0 fully saturated rings. The predicted octanol–water partition coefficient (Wildman–Crippen LogP) is 15.8. The van der Waals surface area contributed by atoms with Crippen LogP contribution in [0.1, 0.15) is 0 Å². The van der Waals surface area contributed by atoms with Gasteiger partial charge in [-0.3, -0.25) is 0 Å². The maximum Gasteiger partial charge on any atom is 0.143 e. The van der Waals surface area contributed by atoms with Gasteiger partial charge in [0.25, 0.3) is 0 Å². The highest BCUT2D eigenvalue weighted by molar-refractivity contribution is 6.26. The Bertz CT molecular complexity index is 3740. The number of rotatable bonds is 3. The summed E-state index contributed by atoms with van der Waals surface area (Å²) in [6, 6.07) is 65.1. The SMILES string of the molecule is c1ccc2c(c1)oc1cc3oc4c5ccc(-c6ccc(-c7c8ccccc8c(-c8cccc9oc%10ccccc%10c89)c8ccccc78)cc6)cc5ccc4c3cc12. The summed E-state index contributed by atoms with van der Waals surface area (Å²) in [5.74, 6) is 0. The molecule has 0 bridgehead atoms. The third-order valence-corrected chi connectivity index (χ3v) is 12.1. The Morgan fingerprint density at radius 2 is 0.807 bits per heavy atom. The Kier molecular flexibility index (Phi) is 6.16. The Balaban J connectivity index is 0.935. The van der Waals surface area contributed by atoms with Crippen molar-refractivity contribution < 1.29 is 13.3 Å². The van der Waals surface area contributed by atoms with Crippen molar-refractivity contribution in [2.45, 2.75) is 0 Å². The summed E-state index contributed by atoms with van der Waals surface area (Å²) in [7, 11) is 0. The molecule has 13 aromatic rings. The molecule has 0 unspecified atom stereocenters. The minimum atomic E-state index is 0.837. The van der Waals surface area contributed by atoms with E-state index in [0.717, 1.165) is 76.6 Å². The highest BCUT2D eigenvalue weighted by Crippen LogP contribution is 2.47. The molecule has 10 aromatic carbocycles. The van der Waals surface area contributed by atoms with Gasteiger partial charge in [-0.1, -0.05) is 133 Å². The molecule has 0 spiro atoms. The lowest BCUT2D eigenvalue weighted by Gasteiger charge is -2.18. The minimum Gasteiger partial charge on any atom is -0.456 e. The Labute approximate surface area is 325 Å². The predicted molar refractivity (Wildman–Crippen MR) is 237 cm³/mol. The summed E-state index contributed by atoms with van der Waals surface area (Å²) in [5.41, 5.74) is 12.5. The molecule has 0 saturated heterocycles. The number of benzene rings is 10. The fourth-order valence-corrected chi connectivity index (χ4v) is 9.50. The fraction of sp³-hybridized carbons (Fsp3) is 0. The van der Waals surface area contributed by atoms with Gasteiger partial charge in [0.15, 0.2) is 0 Å². The Hall–Kier alpha value is -7.62. The fourth-order valence-electron chi connectivity index (χ4n) is 9.50. The van der Waals surface area contributed by atoms with Crippen molar-refractivity contribution in [3.05, 3.63) is 182 Å². The van der Waals surface area contributed by atoms with Gasteiger partial charge < -0.3 is 13.3 Å². The molecule has 264 valence electrons. The molecule has 13 rings (SSSR count). The molecule has 3 heteroatoms. The van der Waals surface area contributed by atoms with Gasteiger partial charge >= 0.3 is 0 Å². The van der Waals surface area contributed by atoms with Crippen molar-refractivity contribution >= 4 is 98.1 Å². The maximum absolute atomic E-state index is 6.56. The Morgan fingerprint density at radius 3 is 1.56 bits per heavy atom. The van der Waals surface area contributed by atoms with E-state index < -0.39 is 0 Å². The molecule has 3 heterocycles. The normalized spacial score (nSPS) is 12.2. The van der Waals surface area contributed by atoms with Gasteiger partial charge in [-0.05, 0) is 103 Å². The van der Waals surface area contributed by atoms with Crippen molar-refractivity contribution in [2.75, 3.05) is 0 Å². The highest BCUT2D eigenvalue weighted by Gasteiger charge is 2.21. The second kappa shape index (κ2) is 11.5. The van der Waals surface area contributed by atoms with E-state index in [1.807, 2.05) is 24.3 Å². The van der Waals surface area contributed by atoms with Gasteiger partial charge in [-0.2, -0.15) is 0 Å². The average molecular weight is 727 g/mol. The molecule has 0 amide bonds. The maximum atomic E-state index is 6.56. The van der Waals surface area contributed by atoms with Crippen molar-refractivity contribution in [2.24, 2.45) is 0 Å². The number of hydrogen-bond donors (Lipinski definition) is 0. The first kappa shape index (κ1) is 30.7. The lowest BCUT2D eigenvalue weighted by molar-refractivity contribution is 0.658. The highest BCUT2D eigenvalue weighted by atomic mass is 16.3. The van der Waals surface area contributed by atoms with Crippen LogP contribution in [0.15, 0.2) is 195 Å². The van der Waals surface area contributed by atoms with E-state index in [1.54, 1.807) is 0 Å². The summed E-state index contributed by atoms with van der Waals surface area (Å²) < 4.78 is 19.1. The standard InChI is InChI=1S/C54H30O3/c1-3-13-39-37(11-1)51(38-12-2-4-14-40(38)52(39)43-16-9-19-48-53(43)42-15-6-8-18-47(42)55-48)32-22-20-31(21-23-32)33-24-26-35-34(28-33)25-27-41-45-29-44-36-10-5-7-17-46(36)56-49(44)30-50(45)57-54(35)41/h1-30H. The zero-order valence-corrected chi connectivity index (χ0v) is 30.5. The third-order valence-electron chi connectivity index (χ3n) is 12.1. The largest absolute Gasteiger partial charge is 0.456 e. The molecule has 0 atom stereocenters. The van der Waals surface area contributed by atoms with Crippen LogP contribution < -0.4 is 0 Å². The zero-order chi connectivity index (χ0) is 37.2. The monoisotopic (exact) mass is 726 g/mol. The summed E-state index contributed by atoms with van der Waals surface area (Å²) >= 11 is 0. The summed E-state index contributed by atoms with van der Waals surface area (Å²) in [4.78, 5) is 0. The first-order chi connectivity index (χ1) is 28.2. The molecule has 0 aliphatic rings. The van der Waals surface area contributed by atoms with Gasteiger partial charge in [-0.15, -0.1) is 0 Å². The molecule has 3 nitrogen and oxygen atoms in total. The van der Waals surface area contributed by atoms with Crippen LogP contribution in [0.25, 0.3) is 132 Å². The van der Waals surface area contributed by atoms with E-state index >= 15 is 0 Å². The van der Waals surface area contributed by atoms with E-state index in [-0.39, 0.29) is 0 Å². The topological polar surface area (TPSA) is 39.4 Å². The van der Waals surface area contributed by atoms with E-state index in [0.29, 0.717) is 0 Å². The number of furan rings is 3. The van der Waals surface area contributed by atoms with Crippen LogP contribution in [0.4, 0.5) is 0 Å². The van der Waals surface area contributed by atoms with E-state index in [1.165, 1.54) is 54.9 Å². The third kappa shape index (κ3) is 4.37. The Morgan fingerprint density at radius 1 is 0.263 bits per heavy atom. The van der Waals surface area contributed by atoms with Crippen molar-refractivity contribution in [1.82, 2.24) is 0 Å². The molecule has 0 N–H and O–H groups in total. The molecular weight excluding hydrogens is 697 g/mol. The number of fused-ring (bicyclic) bond motifs is 13. The van der Waals surface area contributed by atoms with Gasteiger partial charge in [0.1, 0.15) is 33.5 Å². The van der Waals surface area contributed by atoms with Crippen LogP contribution in [-0.4, -0.2) is 0 Å². The van der Waals surface area contributed by atoms with Crippen LogP contribution in [0.3, 0.4) is 0 Å². The van der Waals surface area contributed by atoms with Crippen LogP contribution in [0.5, 0.6) is 0 Å². The van der Waals surface area contributed by atoms with Crippen molar-refractivity contribution in [1.29, 1.82) is 0 Å². The van der Waals surface area contributed by atoms with E-state index in [4.69, 9.17) is 13.3 Å². The molecule has 0 aliphatic heterocycles. The molecule has 3 aromatic heterocycles. The smallest absolute Gasteiger partial charge is 0.143 e. The lowest BCUT2D eigenvalue weighted by Crippen LogP contribution is -1.91. The molecule has 0 radical (unpaired) electrons. The summed E-state index contributed by atoms with van der Waals surface area (Å²) in [5, 5.41) is 13.9. The quantitative estimate of drug-likeness (QED) is 0.170. The first-order valence-corrected chi connectivity index (χ1v) is 19.4. The van der Waals surface area contributed by atoms with Gasteiger partial charge in [-0.25, -0.2) is 0 Å². The summed E-state index contributed by atoms with van der Waals surface area (Å²) in [6.45, 7) is 0. The van der Waals surface area contributed by atoms with Gasteiger partial charge in [0, 0.05) is 43.8 Å². The van der Waals surface area contributed by atoms with Crippen LogP contribution in [0, 0.1) is 0 Å². The first-order valence-electron chi connectivity index (χ1n) is 19.4. The van der Waals surface area contributed by atoms with Crippen LogP contribution in [-0.2, 0) is 0 Å². The van der Waals surface area contributed by atoms with E-state index in [9.17, 15) is 0 Å². The number of para-hydroxylation sites is 2. The number of hydrogen-bond acceptors (Lipinski definition) is 3. The minimum absolute atomic E-state index is 0.837. The molecule has 0 saturated carbocycles. The second-order valence-corrected chi connectivity index (χ2v) is 15.1. The molecular formula is C54H30O3. The van der Waals surface area contributed by atoms with E-state index in [2.05, 4.69) is 158 Å². The van der Waals surface area contributed by atoms with Gasteiger partial charge in [0.05, 0.1) is 0 Å². The van der Waals surface area contributed by atoms with Crippen molar-refractivity contribution in [3.8, 4) is 33.4 Å². The zero-order valence-electron chi connectivity index (χ0n) is 30.5. The molecule has 0 aliphatic carbocycles.